The van der Waals surface area contributed by atoms with Crippen LogP contribution in [0.1, 0.15) is 20.3 Å². The highest BCUT2D eigenvalue weighted by atomic mass is 35.5. The van der Waals surface area contributed by atoms with Crippen molar-refractivity contribution in [3.05, 3.63) is 0 Å². The molecule has 0 N–H and O–H groups in total. The van der Waals surface area contributed by atoms with Crippen LogP contribution in [0.4, 0.5) is 0 Å². The van der Waals surface area contributed by atoms with Gasteiger partial charge in [-0.25, -0.2) is 0 Å². The number of halogens is 1. The molecule has 0 heterocycles. The van der Waals surface area contributed by atoms with E-state index in [0.717, 1.165) is 19.6 Å². The van der Waals surface area contributed by atoms with Crippen molar-refractivity contribution in [3.63, 3.8) is 0 Å². The minimum absolute atomic E-state index is 0. The zero-order chi connectivity index (χ0) is 10.4. The van der Waals surface area contributed by atoms with Crippen LogP contribution >= 0.6 is 21.3 Å². The normalized spacial score (nSPS) is 14.5. The molecule has 0 unspecified atom stereocenters. The van der Waals surface area contributed by atoms with Crippen molar-refractivity contribution in [3.8, 4) is 0 Å². The van der Waals surface area contributed by atoms with Gasteiger partial charge in [-0.05, 0) is 37.5 Å². The first kappa shape index (κ1) is 16.6. The van der Waals surface area contributed by atoms with E-state index in [2.05, 4.69) is 35.5 Å². The van der Waals surface area contributed by atoms with E-state index in [1.54, 1.807) is 0 Å². The number of rotatable bonds is 5. The van der Waals surface area contributed by atoms with Crippen molar-refractivity contribution in [2.75, 3.05) is 32.0 Å². The Morgan fingerprint density at radius 3 is 2.29 bits per heavy atom. The first-order chi connectivity index (χ1) is 5.89. The Hall–Kier alpha value is 0.140. The number of ether oxygens (including phenoxy) is 1. The lowest BCUT2D eigenvalue weighted by Gasteiger charge is -2.32. The SMILES string of the molecule is CC=NS(C)(C)(C)=CCOCCC.Cl. The Morgan fingerprint density at radius 2 is 1.86 bits per heavy atom. The van der Waals surface area contributed by atoms with E-state index in [4.69, 9.17) is 4.74 Å². The van der Waals surface area contributed by atoms with Crippen LogP contribution in [0.3, 0.4) is 0 Å². The van der Waals surface area contributed by atoms with Gasteiger partial charge in [-0.3, -0.25) is 4.40 Å². The van der Waals surface area contributed by atoms with Crippen LogP contribution in [0.2, 0.25) is 0 Å². The third-order valence-electron chi connectivity index (χ3n) is 1.59. The summed E-state index contributed by atoms with van der Waals surface area (Å²) in [6, 6.07) is 0. The van der Waals surface area contributed by atoms with Gasteiger partial charge in [0.25, 0.3) is 0 Å². The summed E-state index contributed by atoms with van der Waals surface area (Å²) in [5.74, 6) is 0. The summed E-state index contributed by atoms with van der Waals surface area (Å²) in [6.45, 7) is 5.64. The van der Waals surface area contributed by atoms with Gasteiger partial charge in [0.2, 0.25) is 0 Å². The molecule has 4 heteroatoms. The second-order valence-electron chi connectivity index (χ2n) is 4.19. The molecule has 0 bridgehead atoms. The maximum atomic E-state index is 5.43. The molecule has 0 saturated carbocycles. The highest BCUT2D eigenvalue weighted by Gasteiger charge is 2.09. The van der Waals surface area contributed by atoms with Crippen molar-refractivity contribution in [2.24, 2.45) is 4.40 Å². The van der Waals surface area contributed by atoms with E-state index >= 15 is 0 Å². The topological polar surface area (TPSA) is 21.6 Å². The van der Waals surface area contributed by atoms with Gasteiger partial charge >= 0.3 is 0 Å². The Labute approximate surface area is 94.6 Å². The first-order valence-electron chi connectivity index (χ1n) is 4.67. The maximum Gasteiger partial charge on any atom is 0.0702 e. The summed E-state index contributed by atoms with van der Waals surface area (Å²) in [7, 11) is -1.66. The third kappa shape index (κ3) is 8.73. The van der Waals surface area contributed by atoms with Crippen LogP contribution in [0.25, 0.3) is 0 Å². The van der Waals surface area contributed by atoms with E-state index in [1.165, 1.54) is 0 Å². The molecule has 2 nitrogen and oxygen atoms in total. The summed E-state index contributed by atoms with van der Waals surface area (Å²) in [6.07, 6.45) is 9.57. The Kier molecular flexibility index (Phi) is 7.80. The molecule has 0 aromatic heterocycles. The molecular formula is C10H24ClNOS. The van der Waals surface area contributed by atoms with Gasteiger partial charge in [0.1, 0.15) is 0 Å². The van der Waals surface area contributed by atoms with Crippen molar-refractivity contribution in [1.29, 1.82) is 0 Å². The molecule has 0 aromatic rings. The molecule has 0 saturated heterocycles. The largest absolute Gasteiger partial charge is 0.377 e. The van der Waals surface area contributed by atoms with E-state index in [-0.39, 0.29) is 12.4 Å². The fraction of sp³-hybridized carbons (Fsp3) is 0.800. The summed E-state index contributed by atoms with van der Waals surface area (Å²) in [5.41, 5.74) is 0. The maximum absolute atomic E-state index is 5.43. The van der Waals surface area contributed by atoms with Crippen LogP contribution in [-0.2, 0) is 4.74 Å². The summed E-state index contributed by atoms with van der Waals surface area (Å²) < 4.78 is 9.96. The lowest BCUT2D eigenvalue weighted by atomic mass is 10.5. The molecule has 0 aliphatic carbocycles. The molecule has 0 aromatic carbocycles. The summed E-state index contributed by atoms with van der Waals surface area (Å²) >= 11 is 0. The van der Waals surface area contributed by atoms with Gasteiger partial charge < -0.3 is 4.74 Å². The van der Waals surface area contributed by atoms with E-state index in [1.807, 2.05) is 13.1 Å². The third-order valence-corrected chi connectivity index (χ3v) is 3.84. The molecule has 0 atom stereocenters. The van der Waals surface area contributed by atoms with Crippen molar-refractivity contribution in [2.45, 2.75) is 20.3 Å². The van der Waals surface area contributed by atoms with Gasteiger partial charge in [0.15, 0.2) is 0 Å². The molecule has 0 aliphatic rings. The lowest BCUT2D eigenvalue weighted by molar-refractivity contribution is 0.176. The zero-order valence-electron chi connectivity index (χ0n) is 9.95. The molecule has 88 valence electrons. The standard InChI is InChI=1S/C10H23NOS.ClH/c1-6-8-12-9-10-13(3,4,5)11-7-2;/h7,10H,6,8-9H2,1-5H3;1H. The van der Waals surface area contributed by atoms with Gasteiger partial charge in [0, 0.05) is 12.8 Å². The molecule has 14 heavy (non-hydrogen) atoms. The van der Waals surface area contributed by atoms with Crippen LogP contribution in [0.15, 0.2) is 4.40 Å². The van der Waals surface area contributed by atoms with E-state index in [0.29, 0.717) is 0 Å². The van der Waals surface area contributed by atoms with Gasteiger partial charge in [-0.2, -0.15) is 8.94 Å². The number of hydrogen-bond donors (Lipinski definition) is 0. The fourth-order valence-corrected chi connectivity index (χ4v) is 2.34. The second-order valence-corrected chi connectivity index (χ2v) is 9.90. The number of nitrogens with zero attached hydrogens (tertiary/aromatic N) is 1. The van der Waals surface area contributed by atoms with Crippen LogP contribution in [-0.4, -0.2) is 43.6 Å². The van der Waals surface area contributed by atoms with Crippen LogP contribution in [0.5, 0.6) is 0 Å². The second kappa shape index (κ2) is 6.59. The average Bonchev–Trinajstić information content (AvgIpc) is 1.97. The van der Waals surface area contributed by atoms with Gasteiger partial charge in [-0.1, -0.05) is 6.92 Å². The first-order valence-corrected chi connectivity index (χ1v) is 7.96. The highest BCUT2D eigenvalue weighted by molar-refractivity contribution is 8.44. The predicted molar refractivity (Wildman–Crippen MR) is 74.0 cm³/mol. The molecule has 0 amide bonds. The number of hydrogen-bond acceptors (Lipinski definition) is 2. The molecule has 0 aliphatic heterocycles. The molecule has 0 spiro atoms. The predicted octanol–water partition coefficient (Wildman–Crippen LogP) is 2.87. The molecular weight excluding hydrogens is 218 g/mol. The van der Waals surface area contributed by atoms with E-state index < -0.39 is 8.94 Å². The molecule has 0 radical (unpaired) electrons. The molecule has 0 fully saturated rings. The van der Waals surface area contributed by atoms with Crippen LogP contribution in [0, 0.1) is 0 Å². The minimum Gasteiger partial charge on any atom is -0.377 e. The van der Waals surface area contributed by atoms with Crippen LogP contribution < -0.4 is 0 Å². The van der Waals surface area contributed by atoms with Crippen molar-refractivity contribution >= 4 is 32.9 Å². The Morgan fingerprint density at radius 1 is 1.29 bits per heavy atom. The fourth-order valence-electron chi connectivity index (χ4n) is 0.930. The average molecular weight is 242 g/mol. The van der Waals surface area contributed by atoms with Crippen molar-refractivity contribution < 1.29 is 4.74 Å². The quantitative estimate of drug-likeness (QED) is 0.412. The lowest BCUT2D eigenvalue weighted by Crippen LogP contribution is -2.07. The Bertz CT molecular complexity index is 231. The zero-order valence-corrected chi connectivity index (χ0v) is 11.6. The van der Waals surface area contributed by atoms with Crippen molar-refractivity contribution in [1.82, 2.24) is 0 Å². The van der Waals surface area contributed by atoms with E-state index in [9.17, 15) is 0 Å². The summed E-state index contributed by atoms with van der Waals surface area (Å²) in [4.78, 5) is 0. The molecule has 0 rings (SSSR count). The summed E-state index contributed by atoms with van der Waals surface area (Å²) in [5, 5.41) is 2.22. The highest BCUT2D eigenvalue weighted by Crippen LogP contribution is 2.47. The smallest absolute Gasteiger partial charge is 0.0702 e. The van der Waals surface area contributed by atoms with Gasteiger partial charge in [-0.15, -0.1) is 12.4 Å². The van der Waals surface area contributed by atoms with Gasteiger partial charge in [0.05, 0.1) is 6.61 Å². The minimum atomic E-state index is -1.66. The Balaban J connectivity index is 0. The monoisotopic (exact) mass is 241 g/mol.